The van der Waals surface area contributed by atoms with Crippen molar-refractivity contribution in [2.24, 2.45) is 0 Å². The molecule has 0 bridgehead atoms. The van der Waals surface area contributed by atoms with Crippen LogP contribution in [0.4, 0.5) is 5.82 Å². The lowest BCUT2D eigenvalue weighted by Crippen LogP contribution is -2.42. The summed E-state index contributed by atoms with van der Waals surface area (Å²) in [6, 6.07) is 5.82. The highest BCUT2D eigenvalue weighted by molar-refractivity contribution is 5.42. The lowest BCUT2D eigenvalue weighted by molar-refractivity contribution is 0.252. The number of nitrogens with zero attached hydrogens (tertiary/aromatic N) is 3. The molecule has 1 aliphatic heterocycles. The number of hydrogen-bond acceptors (Lipinski definition) is 4. The van der Waals surface area contributed by atoms with Gasteiger partial charge in [-0.2, -0.15) is 0 Å². The standard InChI is InChI=1S/C17H28N4/c1-13-14(12-18-15-5-6-15)4-7-17(19-13)21(3)16-8-10-20(2)11-9-16/h4,7,15-16,18H,5-6,8-12H2,1-3H3. The van der Waals surface area contributed by atoms with Crippen LogP contribution < -0.4 is 10.2 Å². The third kappa shape index (κ3) is 3.74. The molecule has 1 aliphatic carbocycles. The summed E-state index contributed by atoms with van der Waals surface area (Å²) < 4.78 is 0. The van der Waals surface area contributed by atoms with Crippen LogP contribution in [0.3, 0.4) is 0 Å². The van der Waals surface area contributed by atoms with Crippen LogP contribution in [-0.2, 0) is 6.54 Å². The van der Waals surface area contributed by atoms with Gasteiger partial charge in [-0.15, -0.1) is 0 Å². The summed E-state index contributed by atoms with van der Waals surface area (Å²) in [7, 11) is 4.40. The van der Waals surface area contributed by atoms with Gasteiger partial charge in [0.15, 0.2) is 0 Å². The fourth-order valence-electron chi connectivity index (χ4n) is 3.07. The van der Waals surface area contributed by atoms with Gasteiger partial charge >= 0.3 is 0 Å². The molecule has 2 aliphatic rings. The number of hydrogen-bond donors (Lipinski definition) is 1. The van der Waals surface area contributed by atoms with E-state index in [1.54, 1.807) is 0 Å². The molecule has 3 rings (SSSR count). The molecule has 116 valence electrons. The largest absolute Gasteiger partial charge is 0.357 e. The van der Waals surface area contributed by atoms with E-state index in [1.165, 1.54) is 50.0 Å². The molecule has 4 heteroatoms. The minimum Gasteiger partial charge on any atom is -0.357 e. The maximum absolute atomic E-state index is 4.84. The van der Waals surface area contributed by atoms with Gasteiger partial charge in [0.2, 0.25) is 0 Å². The Balaban J connectivity index is 1.62. The second kappa shape index (κ2) is 6.32. The van der Waals surface area contributed by atoms with E-state index in [0.717, 1.165) is 18.4 Å². The van der Waals surface area contributed by atoms with Crippen LogP contribution in [0.15, 0.2) is 12.1 Å². The van der Waals surface area contributed by atoms with Gasteiger partial charge in [-0.05, 0) is 64.4 Å². The highest BCUT2D eigenvalue weighted by atomic mass is 15.2. The summed E-state index contributed by atoms with van der Waals surface area (Å²) >= 11 is 0. The summed E-state index contributed by atoms with van der Waals surface area (Å²) in [5, 5.41) is 3.57. The van der Waals surface area contributed by atoms with Gasteiger partial charge in [-0.3, -0.25) is 0 Å². The second-order valence-corrected chi connectivity index (χ2v) is 6.71. The van der Waals surface area contributed by atoms with Crippen LogP contribution in [0.25, 0.3) is 0 Å². The molecule has 0 aromatic carbocycles. The minimum absolute atomic E-state index is 0.628. The lowest BCUT2D eigenvalue weighted by atomic mass is 10.0. The Morgan fingerprint density at radius 3 is 2.57 bits per heavy atom. The first-order valence-corrected chi connectivity index (χ1v) is 8.25. The van der Waals surface area contributed by atoms with Crippen molar-refractivity contribution in [3.8, 4) is 0 Å². The molecule has 4 nitrogen and oxygen atoms in total. The van der Waals surface area contributed by atoms with Crippen molar-refractivity contribution >= 4 is 5.82 Å². The monoisotopic (exact) mass is 288 g/mol. The average Bonchev–Trinajstić information content (AvgIpc) is 3.30. The maximum Gasteiger partial charge on any atom is 0.128 e. The number of piperidine rings is 1. The molecule has 0 atom stereocenters. The van der Waals surface area contributed by atoms with Gasteiger partial charge in [-0.25, -0.2) is 4.98 Å². The molecular weight excluding hydrogens is 260 g/mol. The van der Waals surface area contributed by atoms with E-state index in [-0.39, 0.29) is 0 Å². The number of aryl methyl sites for hydroxylation is 1. The Morgan fingerprint density at radius 1 is 1.24 bits per heavy atom. The summed E-state index contributed by atoms with van der Waals surface area (Å²) in [5.74, 6) is 1.12. The number of pyridine rings is 1. The third-order valence-corrected chi connectivity index (χ3v) is 4.94. The zero-order chi connectivity index (χ0) is 14.8. The number of likely N-dealkylation sites (tertiary alicyclic amines) is 1. The van der Waals surface area contributed by atoms with Gasteiger partial charge in [-0.1, -0.05) is 6.07 Å². The van der Waals surface area contributed by atoms with Gasteiger partial charge in [0.05, 0.1) is 0 Å². The first kappa shape index (κ1) is 14.8. The molecular formula is C17H28N4. The molecule has 2 fully saturated rings. The first-order valence-electron chi connectivity index (χ1n) is 8.25. The molecule has 0 spiro atoms. The van der Waals surface area contributed by atoms with Crippen molar-refractivity contribution in [3.05, 3.63) is 23.4 Å². The van der Waals surface area contributed by atoms with E-state index in [2.05, 4.69) is 48.3 Å². The Kier molecular flexibility index (Phi) is 4.45. The predicted molar refractivity (Wildman–Crippen MR) is 87.8 cm³/mol. The third-order valence-electron chi connectivity index (χ3n) is 4.94. The fourth-order valence-corrected chi connectivity index (χ4v) is 3.07. The van der Waals surface area contributed by atoms with Crippen LogP contribution in [0, 0.1) is 6.92 Å². The van der Waals surface area contributed by atoms with Crippen molar-refractivity contribution in [3.63, 3.8) is 0 Å². The van der Waals surface area contributed by atoms with E-state index < -0.39 is 0 Å². The summed E-state index contributed by atoms with van der Waals surface area (Å²) in [6.45, 7) is 5.48. The summed E-state index contributed by atoms with van der Waals surface area (Å²) in [4.78, 5) is 9.62. The van der Waals surface area contributed by atoms with Crippen LogP contribution in [0.5, 0.6) is 0 Å². The molecule has 21 heavy (non-hydrogen) atoms. The van der Waals surface area contributed by atoms with Crippen molar-refractivity contribution < 1.29 is 0 Å². The molecule has 0 unspecified atom stereocenters. The van der Waals surface area contributed by atoms with Crippen LogP contribution in [-0.4, -0.2) is 49.2 Å². The van der Waals surface area contributed by atoms with Gasteiger partial charge in [0.1, 0.15) is 5.82 Å². The highest BCUT2D eigenvalue weighted by Gasteiger charge is 2.22. The molecule has 0 radical (unpaired) electrons. The first-order chi connectivity index (χ1) is 10.1. The molecule has 1 aromatic rings. The zero-order valence-electron chi connectivity index (χ0n) is 13.6. The fraction of sp³-hybridized carbons (Fsp3) is 0.706. The van der Waals surface area contributed by atoms with E-state index in [4.69, 9.17) is 4.98 Å². The second-order valence-electron chi connectivity index (χ2n) is 6.71. The van der Waals surface area contributed by atoms with E-state index >= 15 is 0 Å². The maximum atomic E-state index is 4.84. The van der Waals surface area contributed by atoms with Gasteiger partial charge < -0.3 is 15.1 Å². The van der Waals surface area contributed by atoms with Crippen molar-refractivity contribution in [2.75, 3.05) is 32.1 Å². The normalized spacial score (nSPS) is 20.7. The number of rotatable bonds is 5. The predicted octanol–water partition coefficient (Wildman–Crippen LogP) is 2.17. The zero-order valence-corrected chi connectivity index (χ0v) is 13.6. The summed E-state index contributed by atoms with van der Waals surface area (Å²) in [5.41, 5.74) is 2.50. The molecule has 1 saturated heterocycles. The quantitative estimate of drug-likeness (QED) is 0.900. The smallest absolute Gasteiger partial charge is 0.128 e. The van der Waals surface area contributed by atoms with E-state index in [1.807, 2.05) is 0 Å². The number of aromatic nitrogens is 1. The van der Waals surface area contributed by atoms with Crippen LogP contribution in [0.2, 0.25) is 0 Å². The molecule has 1 N–H and O–H groups in total. The van der Waals surface area contributed by atoms with Crippen LogP contribution in [0.1, 0.15) is 36.9 Å². The van der Waals surface area contributed by atoms with Crippen molar-refractivity contribution in [1.82, 2.24) is 15.2 Å². The molecule has 0 amide bonds. The Bertz CT molecular complexity index is 476. The van der Waals surface area contributed by atoms with E-state index in [0.29, 0.717) is 6.04 Å². The minimum atomic E-state index is 0.628. The topological polar surface area (TPSA) is 31.4 Å². The number of nitrogens with one attached hydrogen (secondary N) is 1. The molecule has 1 saturated carbocycles. The van der Waals surface area contributed by atoms with Crippen molar-refractivity contribution in [2.45, 2.75) is 51.2 Å². The van der Waals surface area contributed by atoms with Gasteiger partial charge in [0.25, 0.3) is 0 Å². The van der Waals surface area contributed by atoms with Crippen molar-refractivity contribution in [1.29, 1.82) is 0 Å². The summed E-state index contributed by atoms with van der Waals surface area (Å²) in [6.07, 6.45) is 5.14. The Morgan fingerprint density at radius 2 is 1.95 bits per heavy atom. The SMILES string of the molecule is Cc1nc(N(C)C2CCN(C)CC2)ccc1CNC1CC1. The lowest BCUT2D eigenvalue weighted by Gasteiger charge is -2.36. The number of anilines is 1. The molecule has 1 aromatic heterocycles. The van der Waals surface area contributed by atoms with Crippen LogP contribution >= 0.6 is 0 Å². The van der Waals surface area contributed by atoms with E-state index in [9.17, 15) is 0 Å². The molecule has 2 heterocycles. The van der Waals surface area contributed by atoms with Gasteiger partial charge in [0, 0.05) is 31.4 Å². The average molecular weight is 288 g/mol. The highest BCUT2D eigenvalue weighted by Crippen LogP contribution is 2.23. The Hall–Kier alpha value is -1.13. The Labute approximate surface area is 128 Å².